The number of methoxy groups -OCH3 is 1. The van der Waals surface area contributed by atoms with Crippen LogP contribution in [0.4, 0.5) is 0 Å². The fraction of sp³-hybridized carbons (Fsp3) is 0.684. The molecule has 0 aliphatic heterocycles. The molecule has 0 saturated heterocycles. The third-order valence-corrected chi connectivity index (χ3v) is 6.74. The highest BCUT2D eigenvalue weighted by Gasteiger charge is 2.52. The Balaban J connectivity index is 1.68. The molecule has 2 N–H and O–H groups in total. The van der Waals surface area contributed by atoms with Gasteiger partial charge in [-0.2, -0.15) is 0 Å². The molecule has 0 spiro atoms. The van der Waals surface area contributed by atoms with Gasteiger partial charge < -0.3 is 10.5 Å². The molecule has 0 aromatic heterocycles. The first-order valence-electron chi connectivity index (χ1n) is 8.53. The van der Waals surface area contributed by atoms with Gasteiger partial charge in [0.25, 0.3) is 0 Å². The van der Waals surface area contributed by atoms with Gasteiger partial charge in [0.2, 0.25) is 0 Å². The maximum absolute atomic E-state index is 6.32. The van der Waals surface area contributed by atoms with E-state index >= 15 is 0 Å². The highest BCUT2D eigenvalue weighted by molar-refractivity contribution is 5.40. The van der Waals surface area contributed by atoms with Crippen molar-refractivity contribution in [1.82, 2.24) is 0 Å². The SMILES string of the molecule is COc1ccc2c(c1)CCC1C2CCC2(C)CC(N)CC12. The van der Waals surface area contributed by atoms with E-state index in [1.54, 1.807) is 12.7 Å². The summed E-state index contributed by atoms with van der Waals surface area (Å²) in [6, 6.07) is 7.19. The van der Waals surface area contributed by atoms with Crippen LogP contribution in [-0.4, -0.2) is 13.2 Å². The third-order valence-electron chi connectivity index (χ3n) is 6.74. The molecule has 114 valence electrons. The van der Waals surface area contributed by atoms with Crippen LogP contribution in [0.5, 0.6) is 5.75 Å². The Bertz CT molecular complexity index is 554. The van der Waals surface area contributed by atoms with Crippen LogP contribution in [0.1, 0.15) is 56.1 Å². The lowest BCUT2D eigenvalue weighted by Crippen LogP contribution is -2.39. The minimum absolute atomic E-state index is 0.441. The van der Waals surface area contributed by atoms with Crippen molar-refractivity contribution in [1.29, 1.82) is 0 Å². The maximum atomic E-state index is 6.32. The number of nitrogens with two attached hydrogens (primary N) is 1. The van der Waals surface area contributed by atoms with Crippen LogP contribution in [0, 0.1) is 17.3 Å². The van der Waals surface area contributed by atoms with E-state index in [2.05, 4.69) is 25.1 Å². The molecule has 5 atom stereocenters. The standard InChI is InChI=1S/C19H27NO/c1-19-8-7-16-15-6-4-14(21-2)9-12(15)3-5-17(16)18(19)10-13(20)11-19/h4,6,9,13,16-18H,3,5,7-8,10-11,20H2,1-2H3. The van der Waals surface area contributed by atoms with Crippen LogP contribution in [-0.2, 0) is 6.42 Å². The van der Waals surface area contributed by atoms with Crippen LogP contribution in [0.15, 0.2) is 18.2 Å². The summed E-state index contributed by atoms with van der Waals surface area (Å²) >= 11 is 0. The number of ether oxygens (including phenoxy) is 1. The average molecular weight is 285 g/mol. The first-order chi connectivity index (χ1) is 10.1. The van der Waals surface area contributed by atoms with Gasteiger partial charge in [0, 0.05) is 6.04 Å². The lowest BCUT2D eigenvalue weighted by atomic mass is 9.56. The second-order valence-electron chi connectivity index (χ2n) is 7.87. The fourth-order valence-electron chi connectivity index (χ4n) is 5.80. The second kappa shape index (κ2) is 4.74. The minimum atomic E-state index is 0.441. The Labute approximate surface area is 128 Å². The van der Waals surface area contributed by atoms with E-state index in [0.717, 1.165) is 23.5 Å². The smallest absolute Gasteiger partial charge is 0.119 e. The van der Waals surface area contributed by atoms with E-state index < -0.39 is 0 Å². The second-order valence-corrected chi connectivity index (χ2v) is 7.87. The van der Waals surface area contributed by atoms with Crippen molar-refractivity contribution in [2.24, 2.45) is 23.0 Å². The summed E-state index contributed by atoms with van der Waals surface area (Å²) in [7, 11) is 1.76. The number of rotatable bonds is 1. The average Bonchev–Trinajstić information content (AvgIpc) is 2.80. The molecule has 5 unspecified atom stereocenters. The number of aryl methyl sites for hydroxylation is 1. The van der Waals surface area contributed by atoms with Gasteiger partial charge in [0.05, 0.1) is 7.11 Å². The van der Waals surface area contributed by atoms with Crippen LogP contribution >= 0.6 is 0 Å². The molecule has 0 amide bonds. The number of hydrogen-bond donors (Lipinski definition) is 1. The summed E-state index contributed by atoms with van der Waals surface area (Å²) in [5, 5.41) is 0. The lowest BCUT2D eigenvalue weighted by molar-refractivity contribution is 0.0598. The molecule has 2 nitrogen and oxygen atoms in total. The van der Waals surface area contributed by atoms with Crippen molar-refractivity contribution < 1.29 is 4.74 Å². The molecule has 0 bridgehead atoms. The van der Waals surface area contributed by atoms with Crippen LogP contribution in [0.2, 0.25) is 0 Å². The van der Waals surface area contributed by atoms with E-state index in [1.807, 2.05) is 0 Å². The Kier molecular flexibility index (Phi) is 3.08. The molecule has 1 aromatic rings. The zero-order valence-corrected chi connectivity index (χ0v) is 13.3. The Morgan fingerprint density at radius 1 is 1.29 bits per heavy atom. The minimum Gasteiger partial charge on any atom is -0.497 e. The van der Waals surface area contributed by atoms with Gasteiger partial charge in [0.1, 0.15) is 5.75 Å². The Hall–Kier alpha value is -1.02. The number of fused-ring (bicyclic) bond motifs is 5. The topological polar surface area (TPSA) is 35.2 Å². The van der Waals surface area contributed by atoms with E-state index in [4.69, 9.17) is 10.5 Å². The summed E-state index contributed by atoms with van der Waals surface area (Å²) in [5.41, 5.74) is 9.97. The highest BCUT2D eigenvalue weighted by atomic mass is 16.5. The van der Waals surface area contributed by atoms with Gasteiger partial charge >= 0.3 is 0 Å². The van der Waals surface area contributed by atoms with Gasteiger partial charge in [-0.3, -0.25) is 0 Å². The summed E-state index contributed by atoms with van der Waals surface area (Å²) in [4.78, 5) is 0. The van der Waals surface area contributed by atoms with Crippen molar-refractivity contribution in [3.05, 3.63) is 29.3 Å². The predicted octanol–water partition coefficient (Wildman–Crippen LogP) is 3.88. The van der Waals surface area contributed by atoms with Crippen LogP contribution in [0.3, 0.4) is 0 Å². The summed E-state index contributed by atoms with van der Waals surface area (Å²) in [6.45, 7) is 2.50. The normalized spacial score (nSPS) is 41.1. The van der Waals surface area contributed by atoms with Crippen molar-refractivity contribution >= 4 is 0 Å². The molecule has 3 aliphatic rings. The summed E-state index contributed by atoms with van der Waals surface area (Å²) in [6.07, 6.45) is 7.77. The maximum Gasteiger partial charge on any atom is 0.119 e. The largest absolute Gasteiger partial charge is 0.497 e. The lowest BCUT2D eigenvalue weighted by Gasteiger charge is -2.49. The zero-order chi connectivity index (χ0) is 14.6. The van der Waals surface area contributed by atoms with Gasteiger partial charge in [-0.15, -0.1) is 0 Å². The predicted molar refractivity (Wildman–Crippen MR) is 85.6 cm³/mol. The molecular weight excluding hydrogens is 258 g/mol. The van der Waals surface area contributed by atoms with Crippen LogP contribution < -0.4 is 10.5 Å². The highest BCUT2D eigenvalue weighted by Crippen LogP contribution is 2.60. The molecular formula is C19H27NO. The third kappa shape index (κ3) is 2.03. The van der Waals surface area contributed by atoms with E-state index in [-0.39, 0.29) is 0 Å². The molecule has 0 radical (unpaired) electrons. The van der Waals surface area contributed by atoms with Crippen molar-refractivity contribution in [3.8, 4) is 5.75 Å². The molecule has 4 rings (SSSR count). The first kappa shape index (κ1) is 13.6. The molecule has 2 fully saturated rings. The van der Waals surface area contributed by atoms with Gasteiger partial charge in [-0.05, 0) is 85.0 Å². The Morgan fingerprint density at radius 3 is 2.95 bits per heavy atom. The fourth-order valence-corrected chi connectivity index (χ4v) is 5.80. The Morgan fingerprint density at radius 2 is 2.14 bits per heavy atom. The number of hydrogen-bond acceptors (Lipinski definition) is 2. The quantitative estimate of drug-likeness (QED) is 0.850. The van der Waals surface area contributed by atoms with Crippen molar-refractivity contribution in [2.45, 2.75) is 57.4 Å². The zero-order valence-electron chi connectivity index (χ0n) is 13.3. The molecule has 0 heterocycles. The molecule has 21 heavy (non-hydrogen) atoms. The molecule has 3 aliphatic carbocycles. The summed E-state index contributed by atoms with van der Waals surface area (Å²) in [5.74, 6) is 3.48. The summed E-state index contributed by atoms with van der Waals surface area (Å²) < 4.78 is 5.40. The van der Waals surface area contributed by atoms with Gasteiger partial charge in [-0.1, -0.05) is 13.0 Å². The van der Waals surface area contributed by atoms with Crippen molar-refractivity contribution in [3.63, 3.8) is 0 Å². The van der Waals surface area contributed by atoms with Gasteiger partial charge in [-0.25, -0.2) is 0 Å². The molecule has 2 heteroatoms. The van der Waals surface area contributed by atoms with E-state index in [9.17, 15) is 0 Å². The van der Waals surface area contributed by atoms with E-state index in [0.29, 0.717) is 11.5 Å². The van der Waals surface area contributed by atoms with E-state index in [1.165, 1.54) is 44.1 Å². The molecule has 2 saturated carbocycles. The van der Waals surface area contributed by atoms with Gasteiger partial charge in [0.15, 0.2) is 0 Å². The monoisotopic (exact) mass is 285 g/mol. The van der Waals surface area contributed by atoms with Crippen molar-refractivity contribution in [2.75, 3.05) is 7.11 Å². The number of benzene rings is 1. The first-order valence-corrected chi connectivity index (χ1v) is 8.53. The molecule has 1 aromatic carbocycles. The van der Waals surface area contributed by atoms with Crippen LogP contribution in [0.25, 0.3) is 0 Å².